The molecule has 0 spiro atoms. The van der Waals surface area contributed by atoms with Gasteiger partial charge in [0.15, 0.2) is 0 Å². The number of rotatable bonds is 7. The molecule has 2 aromatic rings. The fourth-order valence-electron chi connectivity index (χ4n) is 4.26. The van der Waals surface area contributed by atoms with E-state index in [9.17, 15) is 14.4 Å². The first-order chi connectivity index (χ1) is 14.9. The molecular formula is C25H27N3O3. The minimum Gasteiger partial charge on any atom is -0.380 e. The van der Waals surface area contributed by atoms with Crippen LogP contribution in [0.4, 0.5) is 5.69 Å². The van der Waals surface area contributed by atoms with E-state index in [4.69, 9.17) is 0 Å². The maximum Gasteiger partial charge on any atom is 0.277 e. The number of anilines is 1. The molecule has 1 atom stereocenters. The number of nitrogens with one attached hydrogen (secondary N) is 1. The van der Waals surface area contributed by atoms with Crippen LogP contribution in [-0.2, 0) is 20.9 Å². The number of unbranched alkanes of at least 4 members (excludes halogenated alkanes) is 1. The van der Waals surface area contributed by atoms with Crippen molar-refractivity contribution < 1.29 is 14.4 Å². The third-order valence-electron chi connectivity index (χ3n) is 5.92. The Morgan fingerprint density at radius 1 is 1.00 bits per heavy atom. The van der Waals surface area contributed by atoms with Crippen LogP contribution in [0, 0.1) is 6.92 Å². The Hall–Kier alpha value is -3.41. The highest BCUT2D eigenvalue weighted by atomic mass is 16.2. The van der Waals surface area contributed by atoms with Gasteiger partial charge in [-0.2, -0.15) is 0 Å². The molecule has 31 heavy (non-hydrogen) atoms. The number of carbonyl (C=O) groups is 3. The zero-order valence-electron chi connectivity index (χ0n) is 18.1. The van der Waals surface area contributed by atoms with E-state index in [1.807, 2.05) is 55.5 Å². The van der Waals surface area contributed by atoms with Gasteiger partial charge in [-0.15, -0.1) is 0 Å². The van der Waals surface area contributed by atoms with Gasteiger partial charge in [-0.1, -0.05) is 61.4 Å². The summed E-state index contributed by atoms with van der Waals surface area (Å²) in [5.74, 6) is -1.74. The molecule has 0 saturated carbocycles. The van der Waals surface area contributed by atoms with Crippen LogP contribution < -0.4 is 10.2 Å². The number of benzene rings is 2. The Kier molecular flexibility index (Phi) is 5.63. The van der Waals surface area contributed by atoms with Crippen LogP contribution in [0.15, 0.2) is 59.8 Å². The molecule has 160 valence electrons. The van der Waals surface area contributed by atoms with Gasteiger partial charge in [0.1, 0.15) is 5.70 Å². The van der Waals surface area contributed by atoms with E-state index in [2.05, 4.69) is 12.2 Å². The molecule has 1 N–H and O–H groups in total. The van der Waals surface area contributed by atoms with Crippen molar-refractivity contribution >= 4 is 23.4 Å². The maximum atomic E-state index is 13.7. The van der Waals surface area contributed by atoms with E-state index in [0.29, 0.717) is 13.1 Å². The standard InChI is InChI=1S/C25H27N3O3/c1-4-5-13-26-22-21(23(29)27(3)25(22)31)20-18-14-16(2)11-12-19(18)28(24(20)30)15-17-9-7-6-8-10-17/h6-12,14,20,26H,4-5,13,15H2,1-3H3. The normalized spacial score (nSPS) is 18.3. The second-order valence-corrected chi connectivity index (χ2v) is 8.14. The van der Waals surface area contributed by atoms with Crippen molar-refractivity contribution in [2.45, 2.75) is 39.2 Å². The Morgan fingerprint density at radius 3 is 2.45 bits per heavy atom. The number of fused-ring (bicyclic) bond motifs is 1. The van der Waals surface area contributed by atoms with Crippen molar-refractivity contribution in [1.82, 2.24) is 10.2 Å². The third kappa shape index (κ3) is 3.63. The maximum absolute atomic E-state index is 13.7. The predicted octanol–water partition coefficient (Wildman–Crippen LogP) is 3.27. The van der Waals surface area contributed by atoms with Crippen LogP contribution >= 0.6 is 0 Å². The molecule has 1 unspecified atom stereocenters. The lowest BCUT2D eigenvalue weighted by Crippen LogP contribution is -2.32. The molecular weight excluding hydrogens is 390 g/mol. The SMILES string of the molecule is CCCCNC1=C(C2C(=O)N(Cc3ccccc3)c3ccc(C)cc32)C(=O)N(C)C1=O. The number of hydrogen-bond donors (Lipinski definition) is 1. The molecule has 4 rings (SSSR count). The number of carbonyl (C=O) groups excluding carboxylic acids is 3. The predicted molar refractivity (Wildman–Crippen MR) is 119 cm³/mol. The molecule has 2 heterocycles. The fourth-order valence-corrected chi connectivity index (χ4v) is 4.26. The average molecular weight is 418 g/mol. The number of imide groups is 1. The van der Waals surface area contributed by atoms with Crippen molar-refractivity contribution in [3.8, 4) is 0 Å². The van der Waals surface area contributed by atoms with Crippen LogP contribution in [0.5, 0.6) is 0 Å². The molecule has 6 nitrogen and oxygen atoms in total. The topological polar surface area (TPSA) is 69.7 Å². The van der Waals surface area contributed by atoms with Gasteiger partial charge < -0.3 is 10.2 Å². The van der Waals surface area contributed by atoms with Gasteiger partial charge in [0.25, 0.3) is 11.8 Å². The minimum atomic E-state index is -0.788. The van der Waals surface area contributed by atoms with Crippen LogP contribution in [0.3, 0.4) is 0 Å². The first kappa shape index (κ1) is 20.8. The summed E-state index contributed by atoms with van der Waals surface area (Å²) in [6.07, 6.45) is 1.83. The monoisotopic (exact) mass is 417 g/mol. The van der Waals surface area contributed by atoms with Crippen LogP contribution in [0.2, 0.25) is 0 Å². The van der Waals surface area contributed by atoms with Crippen LogP contribution in [-0.4, -0.2) is 36.2 Å². The van der Waals surface area contributed by atoms with E-state index in [-0.39, 0.29) is 23.1 Å². The molecule has 0 fully saturated rings. The molecule has 6 heteroatoms. The summed E-state index contributed by atoms with van der Waals surface area (Å²) in [6, 6.07) is 15.6. The smallest absolute Gasteiger partial charge is 0.277 e. The van der Waals surface area contributed by atoms with Crippen molar-refractivity contribution in [2.75, 3.05) is 18.5 Å². The summed E-state index contributed by atoms with van der Waals surface area (Å²) in [6.45, 7) is 5.02. The van der Waals surface area contributed by atoms with Gasteiger partial charge in [-0.3, -0.25) is 19.3 Å². The Balaban J connectivity index is 1.80. The third-order valence-corrected chi connectivity index (χ3v) is 5.92. The van der Waals surface area contributed by atoms with Crippen molar-refractivity contribution in [2.24, 2.45) is 0 Å². The lowest BCUT2D eigenvalue weighted by molar-refractivity contribution is -0.136. The lowest BCUT2D eigenvalue weighted by Gasteiger charge is -2.18. The first-order valence-corrected chi connectivity index (χ1v) is 10.7. The van der Waals surface area contributed by atoms with E-state index in [1.165, 1.54) is 7.05 Å². The Labute approximate surface area is 182 Å². The van der Waals surface area contributed by atoms with Gasteiger partial charge in [0.2, 0.25) is 5.91 Å². The number of aryl methyl sites for hydroxylation is 1. The summed E-state index contributed by atoms with van der Waals surface area (Å²) in [7, 11) is 1.47. The van der Waals surface area contributed by atoms with Crippen LogP contribution in [0.1, 0.15) is 42.4 Å². The van der Waals surface area contributed by atoms with E-state index in [0.717, 1.165) is 40.1 Å². The number of nitrogens with zero attached hydrogens (tertiary/aromatic N) is 2. The molecule has 0 bridgehead atoms. The van der Waals surface area contributed by atoms with Crippen LogP contribution in [0.25, 0.3) is 0 Å². The average Bonchev–Trinajstić information content (AvgIpc) is 3.14. The van der Waals surface area contributed by atoms with E-state index >= 15 is 0 Å². The summed E-state index contributed by atoms with van der Waals surface area (Å²) < 4.78 is 0. The zero-order valence-corrected chi connectivity index (χ0v) is 18.1. The van der Waals surface area contributed by atoms with Gasteiger partial charge in [-0.05, 0) is 30.5 Å². The second kappa shape index (κ2) is 8.38. The van der Waals surface area contributed by atoms with E-state index in [1.54, 1.807) is 4.90 Å². The number of likely N-dealkylation sites (N-methyl/N-ethyl adjacent to an activating group) is 1. The van der Waals surface area contributed by atoms with Crippen molar-refractivity contribution in [3.63, 3.8) is 0 Å². The number of amides is 3. The molecule has 3 amide bonds. The minimum absolute atomic E-state index is 0.175. The molecule has 0 saturated heterocycles. The highest BCUT2D eigenvalue weighted by Crippen LogP contribution is 2.45. The first-order valence-electron chi connectivity index (χ1n) is 10.7. The molecule has 2 aromatic carbocycles. The Morgan fingerprint density at radius 2 is 1.74 bits per heavy atom. The molecule has 2 aliphatic heterocycles. The van der Waals surface area contributed by atoms with Gasteiger partial charge in [0, 0.05) is 19.3 Å². The highest BCUT2D eigenvalue weighted by Gasteiger charge is 2.48. The molecule has 2 aliphatic rings. The highest BCUT2D eigenvalue weighted by molar-refractivity contribution is 6.24. The molecule has 0 aromatic heterocycles. The number of hydrogen-bond acceptors (Lipinski definition) is 4. The lowest BCUT2D eigenvalue weighted by atomic mass is 9.90. The quantitative estimate of drug-likeness (QED) is 0.555. The largest absolute Gasteiger partial charge is 0.380 e. The van der Waals surface area contributed by atoms with Gasteiger partial charge in [0.05, 0.1) is 18.0 Å². The molecule has 0 aliphatic carbocycles. The summed E-state index contributed by atoms with van der Waals surface area (Å²) in [4.78, 5) is 42.4. The van der Waals surface area contributed by atoms with Gasteiger partial charge in [-0.25, -0.2) is 0 Å². The summed E-state index contributed by atoms with van der Waals surface area (Å²) >= 11 is 0. The Bertz CT molecular complexity index is 1070. The fraction of sp³-hybridized carbons (Fsp3) is 0.320. The van der Waals surface area contributed by atoms with Crippen molar-refractivity contribution in [1.29, 1.82) is 0 Å². The van der Waals surface area contributed by atoms with E-state index < -0.39 is 11.8 Å². The zero-order chi connectivity index (χ0) is 22.1. The second-order valence-electron chi connectivity index (χ2n) is 8.14. The molecule has 0 radical (unpaired) electrons. The summed E-state index contributed by atoms with van der Waals surface area (Å²) in [5.41, 5.74) is 4.10. The summed E-state index contributed by atoms with van der Waals surface area (Å²) in [5, 5.41) is 3.15. The van der Waals surface area contributed by atoms with Gasteiger partial charge >= 0.3 is 0 Å². The van der Waals surface area contributed by atoms with Crippen molar-refractivity contribution in [3.05, 3.63) is 76.5 Å².